The number of benzene rings is 3. The Labute approximate surface area is 247 Å². The summed E-state index contributed by atoms with van der Waals surface area (Å²) in [5, 5.41) is 9.81. The van der Waals surface area contributed by atoms with Crippen LogP contribution >= 0.6 is 50.7 Å². The van der Waals surface area contributed by atoms with Gasteiger partial charge in [0, 0.05) is 10.7 Å². The van der Waals surface area contributed by atoms with E-state index in [9.17, 15) is 14.4 Å². The number of anilines is 2. The summed E-state index contributed by atoms with van der Waals surface area (Å²) in [4.78, 5) is 36.7. The molecule has 0 aromatic heterocycles. The largest absolute Gasteiger partial charge is 0.490 e. The van der Waals surface area contributed by atoms with E-state index in [-0.39, 0.29) is 28.2 Å². The third-order valence-corrected chi connectivity index (χ3v) is 6.82. The first kappa shape index (κ1) is 30.2. The molecule has 9 nitrogen and oxygen atoms in total. The Hall–Kier alpha value is -3.31. The second kappa shape index (κ2) is 14.2. The van der Waals surface area contributed by atoms with Crippen molar-refractivity contribution in [3.8, 4) is 11.5 Å². The number of hydrazone groups is 1. The van der Waals surface area contributed by atoms with Crippen molar-refractivity contribution in [2.45, 2.75) is 13.8 Å². The van der Waals surface area contributed by atoms with E-state index < -0.39 is 11.8 Å². The Morgan fingerprint density at radius 3 is 2.36 bits per heavy atom. The summed E-state index contributed by atoms with van der Waals surface area (Å²) < 4.78 is 11.9. The van der Waals surface area contributed by atoms with Crippen molar-refractivity contribution >= 4 is 86.0 Å². The second-order valence-corrected chi connectivity index (χ2v) is 9.81. The van der Waals surface area contributed by atoms with Gasteiger partial charge in [-0.3, -0.25) is 14.4 Å². The molecule has 0 saturated carbocycles. The van der Waals surface area contributed by atoms with E-state index in [1.807, 2.05) is 0 Å². The summed E-state index contributed by atoms with van der Waals surface area (Å²) in [7, 11) is 0. The summed E-state index contributed by atoms with van der Waals surface area (Å²) in [5.74, 6) is -1.76. The molecule has 0 saturated heterocycles. The predicted octanol–water partition coefficient (Wildman–Crippen LogP) is 6.22. The molecule has 0 aliphatic heterocycles. The number of carbonyl (C=O) groups is 3. The van der Waals surface area contributed by atoms with Gasteiger partial charge in [0.15, 0.2) is 18.1 Å². The zero-order valence-corrected chi connectivity index (χ0v) is 24.5. The maximum absolute atomic E-state index is 12.5. The molecule has 0 atom stereocenters. The van der Waals surface area contributed by atoms with Gasteiger partial charge in [-0.1, -0.05) is 46.9 Å². The molecule has 0 unspecified atom stereocenters. The van der Waals surface area contributed by atoms with Gasteiger partial charge in [-0.05, 0) is 77.3 Å². The van der Waals surface area contributed by atoms with Crippen LogP contribution in [0.3, 0.4) is 0 Å². The average molecular weight is 657 g/mol. The van der Waals surface area contributed by atoms with E-state index >= 15 is 0 Å². The molecule has 13 heteroatoms. The molecule has 0 bridgehead atoms. The summed E-state index contributed by atoms with van der Waals surface area (Å²) in [5.41, 5.74) is 4.15. The minimum absolute atomic E-state index is 0.108. The highest BCUT2D eigenvalue weighted by Crippen LogP contribution is 2.37. The SMILES string of the molecule is CCOc1cc(/C=N\NC(=O)C(=O)Nc2cccc(Cl)c2Cl)cc(Br)c1OCC(=O)Nc1cccc(Cl)c1C. The lowest BCUT2D eigenvalue weighted by Gasteiger charge is -2.15. The molecule has 204 valence electrons. The molecule has 3 aromatic rings. The third kappa shape index (κ3) is 8.34. The smallest absolute Gasteiger partial charge is 0.329 e. The molecular weight excluding hydrogens is 635 g/mol. The van der Waals surface area contributed by atoms with Gasteiger partial charge in [0.1, 0.15) is 0 Å². The number of nitrogens with one attached hydrogen (secondary N) is 3. The highest BCUT2D eigenvalue weighted by Gasteiger charge is 2.17. The minimum atomic E-state index is -1.02. The fourth-order valence-electron chi connectivity index (χ4n) is 3.13. The molecule has 0 spiro atoms. The van der Waals surface area contributed by atoms with Gasteiger partial charge >= 0.3 is 11.8 Å². The van der Waals surface area contributed by atoms with Gasteiger partial charge in [0.05, 0.1) is 33.0 Å². The van der Waals surface area contributed by atoms with Crippen LogP contribution in [-0.4, -0.2) is 37.1 Å². The first-order valence-corrected chi connectivity index (χ1v) is 13.3. The fourth-order valence-corrected chi connectivity index (χ4v) is 4.22. The monoisotopic (exact) mass is 654 g/mol. The lowest BCUT2D eigenvalue weighted by Crippen LogP contribution is -2.32. The van der Waals surface area contributed by atoms with Crippen molar-refractivity contribution in [2.75, 3.05) is 23.8 Å². The Morgan fingerprint density at radius 2 is 1.64 bits per heavy atom. The predicted molar refractivity (Wildman–Crippen MR) is 156 cm³/mol. The van der Waals surface area contributed by atoms with Gasteiger partial charge in [-0.15, -0.1) is 0 Å². The van der Waals surface area contributed by atoms with Crippen LogP contribution in [0.4, 0.5) is 11.4 Å². The third-order valence-electron chi connectivity index (χ3n) is 5.01. The highest BCUT2D eigenvalue weighted by atomic mass is 79.9. The quantitative estimate of drug-likeness (QED) is 0.144. The van der Waals surface area contributed by atoms with Gasteiger partial charge in [0.25, 0.3) is 5.91 Å². The second-order valence-electron chi connectivity index (χ2n) is 7.77. The van der Waals surface area contributed by atoms with Crippen LogP contribution in [-0.2, 0) is 14.4 Å². The molecule has 0 radical (unpaired) electrons. The van der Waals surface area contributed by atoms with Gasteiger partial charge < -0.3 is 20.1 Å². The molecule has 3 rings (SSSR count). The number of amides is 3. The van der Waals surface area contributed by atoms with Crippen molar-refractivity contribution in [1.82, 2.24) is 5.43 Å². The zero-order chi connectivity index (χ0) is 28.5. The van der Waals surface area contributed by atoms with Crippen LogP contribution in [0.1, 0.15) is 18.1 Å². The van der Waals surface area contributed by atoms with Crippen molar-refractivity contribution in [1.29, 1.82) is 0 Å². The van der Waals surface area contributed by atoms with E-state index in [1.165, 1.54) is 12.3 Å². The Balaban J connectivity index is 1.64. The molecular formula is C26H22BrCl3N4O5. The molecule has 3 N–H and O–H groups in total. The first-order chi connectivity index (χ1) is 18.6. The van der Waals surface area contributed by atoms with Crippen LogP contribution in [0.5, 0.6) is 11.5 Å². The van der Waals surface area contributed by atoms with E-state index in [4.69, 9.17) is 44.3 Å². The van der Waals surface area contributed by atoms with E-state index in [2.05, 4.69) is 37.1 Å². The summed E-state index contributed by atoms with van der Waals surface area (Å²) in [6.45, 7) is 3.62. The maximum atomic E-state index is 12.5. The Kier molecular flexibility index (Phi) is 11.0. The lowest BCUT2D eigenvalue weighted by molar-refractivity contribution is -0.136. The normalized spacial score (nSPS) is 10.7. The number of rotatable bonds is 9. The van der Waals surface area contributed by atoms with Gasteiger partial charge in [-0.2, -0.15) is 5.10 Å². The maximum Gasteiger partial charge on any atom is 0.329 e. The zero-order valence-electron chi connectivity index (χ0n) is 20.6. The number of ether oxygens (including phenoxy) is 2. The summed E-state index contributed by atoms with van der Waals surface area (Å²) in [6.07, 6.45) is 1.31. The fraction of sp³-hybridized carbons (Fsp3) is 0.154. The molecule has 0 fully saturated rings. The topological polar surface area (TPSA) is 118 Å². The standard InChI is InChI=1S/C26H22BrCl3N4O5/c1-3-38-21-11-15(12-31-34-26(37)25(36)33-20-9-5-7-18(29)23(20)30)10-16(27)24(21)39-13-22(35)32-19-8-4-6-17(28)14(19)2/h4-12H,3,13H2,1-2H3,(H,32,35)(H,33,36)(H,34,37)/b31-12-. The van der Waals surface area contributed by atoms with Crippen LogP contribution in [0.2, 0.25) is 15.1 Å². The molecule has 0 aliphatic rings. The Bertz CT molecular complexity index is 1430. The summed E-state index contributed by atoms with van der Waals surface area (Å²) >= 11 is 21.4. The van der Waals surface area contributed by atoms with E-state index in [0.29, 0.717) is 38.9 Å². The summed E-state index contributed by atoms with van der Waals surface area (Å²) in [6, 6.07) is 13.1. The van der Waals surface area contributed by atoms with Crippen molar-refractivity contribution in [3.05, 3.63) is 79.2 Å². The van der Waals surface area contributed by atoms with Gasteiger partial charge in [-0.25, -0.2) is 5.43 Å². The molecule has 0 heterocycles. The van der Waals surface area contributed by atoms with E-state index in [0.717, 1.165) is 5.56 Å². The number of halogens is 4. The molecule has 3 aromatic carbocycles. The number of nitrogens with zero attached hydrogens (tertiary/aromatic N) is 1. The van der Waals surface area contributed by atoms with Gasteiger partial charge in [0.2, 0.25) is 0 Å². The van der Waals surface area contributed by atoms with Crippen LogP contribution < -0.4 is 25.5 Å². The van der Waals surface area contributed by atoms with Crippen LogP contribution in [0, 0.1) is 6.92 Å². The molecule has 3 amide bonds. The highest BCUT2D eigenvalue weighted by molar-refractivity contribution is 9.10. The molecule has 0 aliphatic carbocycles. The van der Waals surface area contributed by atoms with Crippen LogP contribution in [0.25, 0.3) is 0 Å². The lowest BCUT2D eigenvalue weighted by atomic mass is 10.2. The Morgan fingerprint density at radius 1 is 0.949 bits per heavy atom. The number of carbonyl (C=O) groups excluding carboxylic acids is 3. The van der Waals surface area contributed by atoms with Crippen LogP contribution in [0.15, 0.2) is 58.1 Å². The van der Waals surface area contributed by atoms with Crippen molar-refractivity contribution in [2.24, 2.45) is 5.10 Å². The van der Waals surface area contributed by atoms with Crippen molar-refractivity contribution in [3.63, 3.8) is 0 Å². The van der Waals surface area contributed by atoms with Crippen molar-refractivity contribution < 1.29 is 23.9 Å². The number of hydrogen-bond donors (Lipinski definition) is 3. The minimum Gasteiger partial charge on any atom is -0.490 e. The first-order valence-electron chi connectivity index (χ1n) is 11.3. The molecule has 39 heavy (non-hydrogen) atoms. The van der Waals surface area contributed by atoms with E-state index in [1.54, 1.807) is 56.3 Å². The average Bonchev–Trinajstić information content (AvgIpc) is 2.89. The number of hydrogen-bond acceptors (Lipinski definition) is 6.